The Bertz CT molecular complexity index is 1550. The SMILES string of the molecule is CCc1cccc(CC)c1N(c1cccc(-n2ccc(C)n2)n1)c1cccc(-n2ccc(C(F)(F)F)n2)n1. The highest BCUT2D eigenvalue weighted by Gasteiger charge is 2.33. The molecule has 4 heterocycles. The van der Waals surface area contributed by atoms with Crippen molar-refractivity contribution in [2.45, 2.75) is 39.8 Å². The van der Waals surface area contributed by atoms with E-state index in [1.54, 1.807) is 16.8 Å². The molecule has 5 rings (SSSR count). The fraction of sp³-hybridized carbons (Fsp3) is 0.214. The number of pyridine rings is 2. The van der Waals surface area contributed by atoms with Crippen LogP contribution in [0.5, 0.6) is 0 Å². The Labute approximate surface area is 218 Å². The lowest BCUT2D eigenvalue weighted by Gasteiger charge is -2.28. The number of nitrogens with zero attached hydrogens (tertiary/aromatic N) is 7. The van der Waals surface area contributed by atoms with Crippen LogP contribution in [-0.2, 0) is 19.0 Å². The van der Waals surface area contributed by atoms with E-state index in [4.69, 9.17) is 9.97 Å². The maximum Gasteiger partial charge on any atom is 0.435 e. The second kappa shape index (κ2) is 10.1. The van der Waals surface area contributed by atoms with Crippen molar-refractivity contribution < 1.29 is 13.2 Å². The van der Waals surface area contributed by atoms with E-state index in [1.807, 2.05) is 54.4 Å². The predicted molar refractivity (Wildman–Crippen MR) is 139 cm³/mol. The molecule has 10 heteroatoms. The largest absolute Gasteiger partial charge is 0.435 e. The van der Waals surface area contributed by atoms with Crippen molar-refractivity contribution in [3.63, 3.8) is 0 Å². The summed E-state index contributed by atoms with van der Waals surface area (Å²) in [5, 5.41) is 8.19. The standard InChI is InChI=1S/C28H26F3N7/c1-4-20-9-6-10-21(5-2)27(20)38(25-13-7-11-23(32-25)36-17-15-19(3)34-36)26-14-8-12-24(33-26)37-18-16-22(35-37)28(29,30)31/h6-18H,4-5H2,1-3H3. The van der Waals surface area contributed by atoms with Gasteiger partial charge in [0.1, 0.15) is 11.6 Å². The zero-order chi connectivity index (χ0) is 26.9. The molecule has 7 nitrogen and oxygen atoms in total. The molecule has 0 spiro atoms. The van der Waals surface area contributed by atoms with Crippen molar-refractivity contribution in [2.24, 2.45) is 0 Å². The first-order valence-corrected chi connectivity index (χ1v) is 12.3. The molecule has 38 heavy (non-hydrogen) atoms. The molecule has 4 aromatic heterocycles. The summed E-state index contributed by atoms with van der Waals surface area (Å²) in [7, 11) is 0. The molecule has 0 bridgehead atoms. The van der Waals surface area contributed by atoms with Crippen molar-refractivity contribution in [3.05, 3.63) is 102 Å². The highest BCUT2D eigenvalue weighted by molar-refractivity contribution is 5.77. The summed E-state index contributed by atoms with van der Waals surface area (Å²) in [6.45, 7) is 6.07. The van der Waals surface area contributed by atoms with E-state index < -0.39 is 11.9 Å². The highest BCUT2D eigenvalue weighted by atomic mass is 19.4. The number of rotatable bonds is 7. The van der Waals surface area contributed by atoms with Gasteiger partial charge in [0.15, 0.2) is 17.3 Å². The monoisotopic (exact) mass is 517 g/mol. The molecule has 194 valence electrons. The average molecular weight is 518 g/mol. The van der Waals surface area contributed by atoms with Crippen LogP contribution in [0.3, 0.4) is 0 Å². The number of hydrogen-bond acceptors (Lipinski definition) is 5. The number of benzene rings is 1. The molecule has 0 radical (unpaired) electrons. The van der Waals surface area contributed by atoms with Crippen LogP contribution in [0.15, 0.2) is 79.1 Å². The van der Waals surface area contributed by atoms with Gasteiger partial charge in [-0.25, -0.2) is 19.3 Å². The highest BCUT2D eigenvalue weighted by Crippen LogP contribution is 2.38. The summed E-state index contributed by atoms with van der Waals surface area (Å²) in [5.41, 5.74) is 3.02. The third-order valence-electron chi connectivity index (χ3n) is 6.16. The van der Waals surface area contributed by atoms with Crippen molar-refractivity contribution in [3.8, 4) is 11.6 Å². The topological polar surface area (TPSA) is 64.7 Å². The van der Waals surface area contributed by atoms with Gasteiger partial charge in [0.25, 0.3) is 0 Å². The van der Waals surface area contributed by atoms with Crippen LogP contribution in [0.1, 0.15) is 36.4 Å². The Morgan fingerprint density at radius 3 is 1.71 bits per heavy atom. The first-order chi connectivity index (χ1) is 18.3. The predicted octanol–water partition coefficient (Wildman–Crippen LogP) is 6.77. The van der Waals surface area contributed by atoms with Gasteiger partial charge in [-0.3, -0.25) is 4.90 Å². The molecule has 0 unspecified atom stereocenters. The van der Waals surface area contributed by atoms with E-state index in [-0.39, 0.29) is 5.82 Å². The van der Waals surface area contributed by atoms with E-state index in [1.165, 1.54) is 6.20 Å². The third-order valence-corrected chi connectivity index (χ3v) is 6.16. The van der Waals surface area contributed by atoms with E-state index in [9.17, 15) is 13.2 Å². The van der Waals surface area contributed by atoms with Crippen molar-refractivity contribution in [2.75, 3.05) is 4.90 Å². The summed E-state index contributed by atoms with van der Waals surface area (Å²) >= 11 is 0. The van der Waals surface area contributed by atoms with Gasteiger partial charge in [0.2, 0.25) is 0 Å². The molecule has 0 saturated heterocycles. The lowest BCUT2D eigenvalue weighted by Crippen LogP contribution is -2.18. The Morgan fingerprint density at radius 2 is 1.24 bits per heavy atom. The maximum atomic E-state index is 13.2. The second-order valence-electron chi connectivity index (χ2n) is 8.72. The zero-order valence-electron chi connectivity index (χ0n) is 21.2. The normalized spacial score (nSPS) is 11.6. The van der Waals surface area contributed by atoms with Crippen molar-refractivity contribution in [1.29, 1.82) is 0 Å². The molecule has 5 aromatic rings. The van der Waals surface area contributed by atoms with Crippen LogP contribution < -0.4 is 4.90 Å². The molecule has 0 aliphatic carbocycles. The van der Waals surface area contributed by atoms with Crippen molar-refractivity contribution >= 4 is 17.3 Å². The van der Waals surface area contributed by atoms with Crippen LogP contribution in [0.4, 0.5) is 30.5 Å². The maximum absolute atomic E-state index is 13.2. The van der Waals surface area contributed by atoms with E-state index in [0.717, 1.165) is 46.1 Å². The number of para-hydroxylation sites is 1. The lowest BCUT2D eigenvalue weighted by atomic mass is 10.0. The van der Waals surface area contributed by atoms with Gasteiger partial charge < -0.3 is 0 Å². The van der Waals surface area contributed by atoms with Gasteiger partial charge in [-0.15, -0.1) is 0 Å². The summed E-state index contributed by atoms with van der Waals surface area (Å²) < 4.78 is 42.4. The molecule has 0 aliphatic rings. The number of aryl methyl sites for hydroxylation is 3. The molecule has 0 atom stereocenters. The van der Waals surface area contributed by atoms with Crippen LogP contribution in [0.2, 0.25) is 0 Å². The summed E-state index contributed by atoms with van der Waals surface area (Å²) in [4.78, 5) is 11.6. The Hall–Kier alpha value is -4.47. The summed E-state index contributed by atoms with van der Waals surface area (Å²) in [6, 6.07) is 19.8. The summed E-state index contributed by atoms with van der Waals surface area (Å²) in [5.74, 6) is 2.00. The minimum Gasteiger partial charge on any atom is -0.278 e. The number of halogens is 3. The summed E-state index contributed by atoms with van der Waals surface area (Å²) in [6.07, 6.45) is 0.102. The average Bonchev–Trinajstić information content (AvgIpc) is 3.59. The smallest absolute Gasteiger partial charge is 0.278 e. The number of aromatic nitrogens is 6. The van der Waals surface area contributed by atoms with Gasteiger partial charge in [-0.05, 0) is 67.3 Å². The fourth-order valence-corrected chi connectivity index (χ4v) is 4.32. The van der Waals surface area contributed by atoms with E-state index in [2.05, 4.69) is 36.2 Å². The van der Waals surface area contributed by atoms with Gasteiger partial charge in [0, 0.05) is 12.4 Å². The Morgan fingerprint density at radius 1 is 0.711 bits per heavy atom. The Balaban J connectivity index is 1.69. The minimum absolute atomic E-state index is 0.258. The van der Waals surface area contributed by atoms with Crippen LogP contribution in [0, 0.1) is 6.92 Å². The quantitative estimate of drug-likeness (QED) is 0.238. The van der Waals surface area contributed by atoms with Crippen LogP contribution in [-0.4, -0.2) is 29.5 Å². The number of alkyl halides is 3. The number of hydrogen-bond donors (Lipinski definition) is 0. The molecule has 1 aromatic carbocycles. The molecular weight excluding hydrogens is 491 g/mol. The van der Waals surface area contributed by atoms with Gasteiger partial charge in [-0.1, -0.05) is 44.2 Å². The number of anilines is 3. The molecule has 0 N–H and O–H groups in total. The van der Waals surface area contributed by atoms with Gasteiger partial charge >= 0.3 is 6.18 Å². The van der Waals surface area contributed by atoms with Gasteiger partial charge in [-0.2, -0.15) is 23.4 Å². The van der Waals surface area contributed by atoms with E-state index >= 15 is 0 Å². The van der Waals surface area contributed by atoms with Crippen molar-refractivity contribution in [1.82, 2.24) is 29.5 Å². The van der Waals surface area contributed by atoms with Crippen LogP contribution >= 0.6 is 0 Å². The fourth-order valence-electron chi connectivity index (χ4n) is 4.32. The molecule has 0 aliphatic heterocycles. The van der Waals surface area contributed by atoms with Gasteiger partial charge in [0.05, 0.1) is 11.4 Å². The molecule has 0 saturated carbocycles. The van der Waals surface area contributed by atoms with E-state index in [0.29, 0.717) is 17.5 Å². The first kappa shape index (κ1) is 25.2. The molecule has 0 fully saturated rings. The minimum atomic E-state index is -4.54. The molecular formula is C28H26F3N7. The Kier molecular flexibility index (Phi) is 6.71. The first-order valence-electron chi connectivity index (χ1n) is 12.3. The second-order valence-corrected chi connectivity index (χ2v) is 8.72. The third kappa shape index (κ3) is 4.89. The zero-order valence-corrected chi connectivity index (χ0v) is 21.2. The van der Waals surface area contributed by atoms with Crippen LogP contribution in [0.25, 0.3) is 11.6 Å². The lowest BCUT2D eigenvalue weighted by molar-refractivity contribution is -0.141. The molecule has 0 amide bonds.